The molecule has 3 N–H and O–H groups in total. The van der Waals surface area contributed by atoms with Crippen molar-refractivity contribution in [3.05, 3.63) is 30.6 Å². The zero-order valence-corrected chi connectivity index (χ0v) is 13.3. The zero-order valence-electron chi connectivity index (χ0n) is 10.2. The molecule has 116 valence electrons. The molecule has 3 heterocycles. The number of nitrogens with zero attached hydrogens (tertiary/aromatic N) is 1. The average molecular weight is 432 g/mol. The van der Waals surface area contributed by atoms with E-state index >= 15 is 0 Å². The molecule has 12 heteroatoms. The average Bonchev–Trinajstić information content (AvgIpc) is 2.65. The quantitative estimate of drug-likeness (QED) is 0.289. The number of aliphatic hydroxyl groups is 1. The molecule has 1 aromatic rings. The van der Waals surface area contributed by atoms with Gasteiger partial charge in [0.15, 0.2) is 6.23 Å². The Balaban J connectivity index is 1.98. The highest BCUT2D eigenvalue weighted by atomic mass is 127. The molecule has 3 rings (SSSR count). The Hall–Kier alpha value is -0.560. The van der Waals surface area contributed by atoms with E-state index in [1.165, 1.54) is 0 Å². The van der Waals surface area contributed by atoms with E-state index in [-0.39, 0.29) is 10.3 Å². The number of hydrogen-bond acceptors (Lipinski definition) is 7. The maximum absolute atomic E-state index is 11.9. The van der Waals surface area contributed by atoms with Crippen molar-refractivity contribution in [2.75, 3.05) is 6.61 Å². The molecule has 1 unspecified atom stereocenters. The van der Waals surface area contributed by atoms with Crippen LogP contribution in [0.1, 0.15) is 6.23 Å². The standard InChI is InChI=1S/C9H10IN2O8P/c10-4-1-5(13)11-9(15)12(4)8-6(14)7-3(19-8)2-18-21(16,17)20-7/h1,3,6-8,14H,2H2,(H,16,17)(H,11,13,15)/t3-,6-,7-,8-/m1/s1. The maximum Gasteiger partial charge on any atom is 0.472 e. The second-order valence-electron chi connectivity index (χ2n) is 4.52. The minimum Gasteiger partial charge on any atom is -0.386 e. The fourth-order valence-electron chi connectivity index (χ4n) is 2.26. The number of aromatic amines is 1. The summed E-state index contributed by atoms with van der Waals surface area (Å²) in [5, 5.41) is 10.2. The van der Waals surface area contributed by atoms with E-state index < -0.39 is 43.6 Å². The zero-order chi connectivity index (χ0) is 15.4. The van der Waals surface area contributed by atoms with Crippen LogP contribution in [0.4, 0.5) is 0 Å². The van der Waals surface area contributed by atoms with Gasteiger partial charge in [-0.3, -0.25) is 23.4 Å². The van der Waals surface area contributed by atoms with Crippen LogP contribution in [0, 0.1) is 3.70 Å². The second-order valence-corrected chi connectivity index (χ2v) is 7.03. The van der Waals surface area contributed by atoms with Gasteiger partial charge >= 0.3 is 13.5 Å². The van der Waals surface area contributed by atoms with E-state index in [0.717, 1.165) is 10.6 Å². The van der Waals surface area contributed by atoms with Crippen LogP contribution in [0.25, 0.3) is 0 Å². The number of aliphatic hydroxyl groups excluding tert-OH is 1. The Morgan fingerprint density at radius 3 is 2.86 bits per heavy atom. The summed E-state index contributed by atoms with van der Waals surface area (Å²) in [6, 6.07) is 1.16. The van der Waals surface area contributed by atoms with E-state index in [1.54, 1.807) is 22.6 Å². The Kier molecular flexibility index (Phi) is 3.84. The molecule has 21 heavy (non-hydrogen) atoms. The number of aromatic nitrogens is 2. The molecular weight excluding hydrogens is 422 g/mol. The summed E-state index contributed by atoms with van der Waals surface area (Å²) in [5.41, 5.74) is -1.34. The van der Waals surface area contributed by atoms with Crippen LogP contribution in [-0.4, -0.2) is 44.5 Å². The molecule has 2 aliphatic rings. The third kappa shape index (κ3) is 2.74. The monoisotopic (exact) mass is 432 g/mol. The van der Waals surface area contributed by atoms with Crippen molar-refractivity contribution in [3.63, 3.8) is 0 Å². The van der Waals surface area contributed by atoms with Gasteiger partial charge in [0.2, 0.25) is 0 Å². The first kappa shape index (κ1) is 15.3. The van der Waals surface area contributed by atoms with Crippen LogP contribution in [-0.2, 0) is 18.3 Å². The first-order chi connectivity index (χ1) is 9.78. The molecule has 10 nitrogen and oxygen atoms in total. The number of hydrogen-bond donors (Lipinski definition) is 3. The van der Waals surface area contributed by atoms with Crippen LogP contribution >= 0.6 is 30.4 Å². The number of H-pyrrole nitrogens is 1. The van der Waals surface area contributed by atoms with E-state index in [1.807, 2.05) is 0 Å². The molecule has 0 saturated carbocycles. The number of nitrogens with one attached hydrogen (secondary N) is 1. The lowest BCUT2D eigenvalue weighted by atomic mass is 10.1. The fraction of sp³-hybridized carbons (Fsp3) is 0.556. The van der Waals surface area contributed by atoms with Gasteiger partial charge in [-0.25, -0.2) is 9.36 Å². The van der Waals surface area contributed by atoms with Gasteiger partial charge in [-0.1, -0.05) is 0 Å². The van der Waals surface area contributed by atoms with Crippen LogP contribution in [0.2, 0.25) is 0 Å². The molecule has 1 aromatic heterocycles. The van der Waals surface area contributed by atoms with E-state index in [4.69, 9.17) is 9.26 Å². The third-order valence-corrected chi connectivity index (χ3v) is 4.97. The van der Waals surface area contributed by atoms with Crippen molar-refractivity contribution in [2.45, 2.75) is 24.5 Å². The number of ether oxygens (including phenoxy) is 1. The molecule has 0 amide bonds. The SMILES string of the molecule is O=c1cc(I)n([C@@H]2O[C@@H]3COP(=O)(O)O[C@H]3[C@H]2O)c(=O)[nH]1. The molecule has 2 aliphatic heterocycles. The Morgan fingerprint density at radius 1 is 1.48 bits per heavy atom. The molecule has 0 radical (unpaired) electrons. The van der Waals surface area contributed by atoms with Gasteiger partial charge < -0.3 is 14.7 Å². The predicted molar refractivity (Wildman–Crippen MR) is 74.6 cm³/mol. The van der Waals surface area contributed by atoms with Crippen molar-refractivity contribution >= 4 is 30.4 Å². The Bertz CT molecular complexity index is 731. The lowest BCUT2D eigenvalue weighted by Gasteiger charge is -2.27. The van der Waals surface area contributed by atoms with Gasteiger partial charge in [0.25, 0.3) is 5.56 Å². The van der Waals surface area contributed by atoms with Crippen LogP contribution < -0.4 is 11.2 Å². The van der Waals surface area contributed by atoms with E-state index in [9.17, 15) is 24.2 Å². The first-order valence-electron chi connectivity index (χ1n) is 5.79. The highest BCUT2D eigenvalue weighted by Crippen LogP contribution is 2.52. The summed E-state index contributed by atoms with van der Waals surface area (Å²) >= 11 is 1.75. The second kappa shape index (κ2) is 5.26. The minimum absolute atomic E-state index is 0.247. The summed E-state index contributed by atoms with van der Waals surface area (Å²) in [7, 11) is -4.23. The van der Waals surface area contributed by atoms with Crippen LogP contribution in [0.3, 0.4) is 0 Å². The predicted octanol–water partition coefficient (Wildman–Crippen LogP) is -1.08. The highest BCUT2D eigenvalue weighted by Gasteiger charge is 2.52. The van der Waals surface area contributed by atoms with Crippen molar-refractivity contribution in [1.29, 1.82) is 0 Å². The maximum atomic E-state index is 11.9. The van der Waals surface area contributed by atoms with Crippen molar-refractivity contribution in [2.24, 2.45) is 0 Å². The van der Waals surface area contributed by atoms with Crippen LogP contribution in [0.5, 0.6) is 0 Å². The summed E-state index contributed by atoms with van der Waals surface area (Å²) in [6.07, 6.45) is -4.42. The number of fused-ring (bicyclic) bond motifs is 1. The lowest BCUT2D eigenvalue weighted by molar-refractivity contribution is -0.0692. The van der Waals surface area contributed by atoms with Crippen molar-refractivity contribution in [3.8, 4) is 0 Å². The first-order valence-corrected chi connectivity index (χ1v) is 8.36. The number of phosphoric acid groups is 1. The number of rotatable bonds is 1. The fourth-order valence-corrected chi connectivity index (χ4v) is 4.00. The van der Waals surface area contributed by atoms with Gasteiger partial charge in [0, 0.05) is 6.07 Å². The molecule has 5 atom stereocenters. The molecule has 2 saturated heterocycles. The van der Waals surface area contributed by atoms with Gasteiger partial charge in [0.1, 0.15) is 18.3 Å². The van der Waals surface area contributed by atoms with Gasteiger partial charge in [-0.05, 0) is 22.6 Å². The smallest absolute Gasteiger partial charge is 0.386 e. The number of halogens is 1. The van der Waals surface area contributed by atoms with Gasteiger partial charge in [-0.15, -0.1) is 0 Å². The molecular formula is C9H10IN2O8P. The van der Waals surface area contributed by atoms with Crippen molar-refractivity contribution < 1.29 is 28.3 Å². The van der Waals surface area contributed by atoms with Gasteiger partial charge in [-0.2, -0.15) is 0 Å². The number of phosphoric ester groups is 1. The topological polar surface area (TPSA) is 140 Å². The molecule has 0 aliphatic carbocycles. The van der Waals surface area contributed by atoms with E-state index in [2.05, 4.69) is 9.51 Å². The Labute approximate surface area is 130 Å². The minimum atomic E-state index is -4.23. The molecule has 2 fully saturated rings. The third-order valence-electron chi connectivity index (χ3n) is 3.15. The van der Waals surface area contributed by atoms with Crippen LogP contribution in [0.15, 0.2) is 15.7 Å². The molecule has 0 spiro atoms. The molecule has 0 bridgehead atoms. The Morgan fingerprint density at radius 2 is 2.19 bits per heavy atom. The summed E-state index contributed by atoms with van der Waals surface area (Å²) in [5.74, 6) is 0. The largest absolute Gasteiger partial charge is 0.472 e. The van der Waals surface area contributed by atoms with Gasteiger partial charge in [0.05, 0.1) is 10.3 Å². The lowest BCUT2D eigenvalue weighted by Crippen LogP contribution is -2.41. The van der Waals surface area contributed by atoms with E-state index in [0.29, 0.717) is 0 Å². The highest BCUT2D eigenvalue weighted by molar-refractivity contribution is 14.1. The molecule has 0 aromatic carbocycles. The summed E-state index contributed by atoms with van der Waals surface area (Å²) in [6.45, 7) is -0.249. The van der Waals surface area contributed by atoms with Crippen molar-refractivity contribution in [1.82, 2.24) is 9.55 Å². The normalized spacial score (nSPS) is 39.2. The summed E-state index contributed by atoms with van der Waals surface area (Å²) < 4.78 is 27.5. The summed E-state index contributed by atoms with van der Waals surface area (Å²) in [4.78, 5) is 34.4.